The topological polar surface area (TPSA) is 105 Å². The van der Waals surface area contributed by atoms with Crippen molar-refractivity contribution in [2.75, 3.05) is 12.4 Å². The van der Waals surface area contributed by atoms with Crippen LogP contribution < -0.4 is 5.14 Å². The lowest BCUT2D eigenvalue weighted by atomic mass is 10.3. The third kappa shape index (κ3) is 4.27. The minimum atomic E-state index is -3.66. The summed E-state index contributed by atoms with van der Waals surface area (Å²) >= 11 is 1.12. The average Bonchev–Trinajstić information content (AvgIpc) is 2.24. The molecule has 0 fully saturated rings. The van der Waals surface area contributed by atoms with E-state index in [2.05, 4.69) is 9.63 Å². The molecule has 1 aromatic carbocycles. The molecule has 0 radical (unpaired) electrons. The van der Waals surface area contributed by atoms with Crippen LogP contribution in [0.4, 0.5) is 5.69 Å². The summed E-state index contributed by atoms with van der Waals surface area (Å²) in [6.07, 6.45) is 0. The third-order valence-corrected chi connectivity index (χ3v) is 3.05. The third-order valence-electron chi connectivity index (χ3n) is 1.56. The van der Waals surface area contributed by atoms with Crippen LogP contribution in [0.25, 0.3) is 0 Å². The molecule has 0 spiro atoms. The number of nitrogens with zero attached hydrogens (tertiary/aromatic N) is 2. The molecule has 0 atom stereocenters. The first kappa shape index (κ1) is 13.1. The summed E-state index contributed by atoms with van der Waals surface area (Å²) in [7, 11) is -3.66. The van der Waals surface area contributed by atoms with E-state index >= 15 is 0 Å². The number of aliphatic hydroxyl groups is 1. The molecule has 0 bridgehead atoms. The number of primary sulfonamides is 1. The van der Waals surface area contributed by atoms with Gasteiger partial charge in [0.1, 0.15) is 0 Å². The molecule has 0 aromatic heterocycles. The van der Waals surface area contributed by atoms with Gasteiger partial charge in [-0.25, -0.2) is 13.6 Å². The fraction of sp³-hybridized carbons (Fsp3) is 0.250. The monoisotopic (exact) mass is 261 g/mol. The maximum Gasteiger partial charge on any atom is 0.238 e. The summed E-state index contributed by atoms with van der Waals surface area (Å²) in [5.41, 5.74) is 0.526. The summed E-state index contributed by atoms with van der Waals surface area (Å²) in [5.74, 6) is 0.471. The van der Waals surface area contributed by atoms with Gasteiger partial charge in [0.15, 0.2) is 0 Å². The predicted octanol–water partition coefficient (Wildman–Crippen LogP) is 1.06. The van der Waals surface area contributed by atoms with E-state index in [9.17, 15) is 8.42 Å². The number of nitrogens with two attached hydrogens (primary N) is 1. The molecule has 1 aromatic rings. The van der Waals surface area contributed by atoms with Crippen LogP contribution in [0.1, 0.15) is 0 Å². The van der Waals surface area contributed by atoms with Crippen molar-refractivity contribution in [1.82, 2.24) is 0 Å². The molecular weight excluding hydrogens is 250 g/mol. The van der Waals surface area contributed by atoms with Crippen molar-refractivity contribution < 1.29 is 13.5 Å². The van der Waals surface area contributed by atoms with Crippen LogP contribution in [-0.2, 0) is 10.0 Å². The standard InChI is InChI=1S/C8H11N3O3S2/c9-16(13,14)8-3-1-7(2-4-8)10-11-15-6-5-12/h1-4,12H,5-6H2,(H2,9,13,14). The van der Waals surface area contributed by atoms with E-state index in [-0.39, 0.29) is 11.5 Å². The largest absolute Gasteiger partial charge is 0.395 e. The van der Waals surface area contributed by atoms with E-state index in [4.69, 9.17) is 10.2 Å². The van der Waals surface area contributed by atoms with Gasteiger partial charge >= 0.3 is 0 Å². The molecule has 16 heavy (non-hydrogen) atoms. The van der Waals surface area contributed by atoms with Gasteiger partial charge in [-0.1, -0.05) is 0 Å². The van der Waals surface area contributed by atoms with Gasteiger partial charge in [0, 0.05) is 5.75 Å². The van der Waals surface area contributed by atoms with Crippen LogP contribution in [-0.4, -0.2) is 25.9 Å². The molecule has 88 valence electrons. The van der Waals surface area contributed by atoms with Crippen LogP contribution in [0.5, 0.6) is 0 Å². The fourth-order valence-corrected chi connectivity index (χ4v) is 1.69. The van der Waals surface area contributed by atoms with Crippen molar-refractivity contribution in [2.24, 2.45) is 14.8 Å². The van der Waals surface area contributed by atoms with Crippen LogP contribution in [0.2, 0.25) is 0 Å². The van der Waals surface area contributed by atoms with E-state index in [1.54, 1.807) is 0 Å². The number of hydrogen-bond acceptors (Lipinski definition) is 6. The first-order chi connectivity index (χ1) is 7.54. The number of sulfonamides is 1. The average molecular weight is 261 g/mol. The Morgan fingerprint density at radius 3 is 2.44 bits per heavy atom. The highest BCUT2D eigenvalue weighted by molar-refractivity contribution is 7.97. The van der Waals surface area contributed by atoms with Crippen LogP contribution in [0, 0.1) is 0 Å². The lowest BCUT2D eigenvalue weighted by Gasteiger charge is -1.97. The zero-order chi connectivity index (χ0) is 12.0. The molecule has 8 heteroatoms. The van der Waals surface area contributed by atoms with E-state index in [0.29, 0.717) is 11.4 Å². The maximum atomic E-state index is 10.9. The lowest BCUT2D eigenvalue weighted by Crippen LogP contribution is -2.11. The van der Waals surface area contributed by atoms with Gasteiger partial charge in [0.25, 0.3) is 0 Å². The molecule has 1 rings (SSSR count). The van der Waals surface area contributed by atoms with Gasteiger partial charge in [0.2, 0.25) is 10.0 Å². The van der Waals surface area contributed by atoms with Crippen molar-refractivity contribution in [3.63, 3.8) is 0 Å². The van der Waals surface area contributed by atoms with E-state index in [0.717, 1.165) is 11.9 Å². The molecular formula is C8H11N3O3S2. The zero-order valence-electron chi connectivity index (χ0n) is 8.28. The Morgan fingerprint density at radius 2 is 1.94 bits per heavy atom. The van der Waals surface area contributed by atoms with Crippen LogP contribution in [0.3, 0.4) is 0 Å². The Bertz CT molecular complexity index is 456. The Labute approximate surface area is 97.8 Å². The summed E-state index contributed by atoms with van der Waals surface area (Å²) in [6, 6.07) is 5.73. The summed E-state index contributed by atoms with van der Waals surface area (Å²) in [6.45, 7) is 0.0358. The second-order valence-corrected chi connectivity index (χ2v) is 5.17. The number of benzene rings is 1. The second kappa shape index (κ2) is 5.94. The molecule has 3 N–H and O–H groups in total. The SMILES string of the molecule is NS(=O)(=O)c1ccc(N=NSCCO)cc1. The van der Waals surface area contributed by atoms with Crippen molar-refractivity contribution in [3.05, 3.63) is 24.3 Å². The first-order valence-corrected chi connectivity index (χ1v) is 6.79. The lowest BCUT2D eigenvalue weighted by molar-refractivity contribution is 0.322. The summed E-state index contributed by atoms with van der Waals surface area (Å²) in [4.78, 5) is 0.0365. The smallest absolute Gasteiger partial charge is 0.238 e. The minimum Gasteiger partial charge on any atom is -0.395 e. The molecule has 6 nitrogen and oxygen atoms in total. The van der Waals surface area contributed by atoms with Gasteiger partial charge in [0.05, 0.1) is 17.2 Å². The van der Waals surface area contributed by atoms with Gasteiger partial charge in [-0.2, -0.15) is 0 Å². The van der Waals surface area contributed by atoms with Crippen molar-refractivity contribution >= 4 is 27.7 Å². The van der Waals surface area contributed by atoms with Gasteiger partial charge in [-0.3, -0.25) is 0 Å². The molecule has 0 aliphatic rings. The number of hydrogen-bond donors (Lipinski definition) is 2. The Balaban J connectivity index is 2.69. The Hall–Kier alpha value is -0.960. The molecule has 0 saturated heterocycles. The molecule has 0 aliphatic heterocycles. The van der Waals surface area contributed by atoms with E-state index in [1.807, 2.05) is 0 Å². The van der Waals surface area contributed by atoms with Gasteiger partial charge < -0.3 is 5.11 Å². The Kier molecular flexibility index (Phi) is 4.87. The molecule has 0 saturated carbocycles. The summed E-state index contributed by atoms with van der Waals surface area (Å²) < 4.78 is 25.6. The molecule has 0 unspecified atom stereocenters. The number of aliphatic hydroxyl groups excluding tert-OH is 1. The quantitative estimate of drug-likeness (QED) is 0.469. The van der Waals surface area contributed by atoms with Gasteiger partial charge in [-0.15, -0.1) is 9.63 Å². The van der Waals surface area contributed by atoms with E-state index in [1.165, 1.54) is 24.3 Å². The highest BCUT2D eigenvalue weighted by Gasteiger charge is 2.05. The molecule has 0 heterocycles. The van der Waals surface area contributed by atoms with Gasteiger partial charge in [-0.05, 0) is 36.2 Å². The highest BCUT2D eigenvalue weighted by atomic mass is 32.2. The predicted molar refractivity (Wildman–Crippen MR) is 61.9 cm³/mol. The summed E-state index contributed by atoms with van der Waals surface area (Å²) in [5, 5.41) is 17.2. The van der Waals surface area contributed by atoms with Crippen LogP contribution in [0.15, 0.2) is 38.8 Å². The number of rotatable bonds is 5. The molecule has 0 amide bonds. The normalized spacial score (nSPS) is 12.1. The van der Waals surface area contributed by atoms with Crippen LogP contribution >= 0.6 is 11.9 Å². The first-order valence-electron chi connectivity index (χ1n) is 4.31. The second-order valence-electron chi connectivity index (χ2n) is 2.78. The van der Waals surface area contributed by atoms with Crippen molar-refractivity contribution in [2.45, 2.75) is 4.90 Å². The van der Waals surface area contributed by atoms with Crippen molar-refractivity contribution in [3.8, 4) is 0 Å². The molecule has 0 aliphatic carbocycles. The van der Waals surface area contributed by atoms with E-state index < -0.39 is 10.0 Å². The minimum absolute atomic E-state index is 0.0358. The maximum absolute atomic E-state index is 10.9. The van der Waals surface area contributed by atoms with Crippen molar-refractivity contribution in [1.29, 1.82) is 0 Å². The zero-order valence-corrected chi connectivity index (χ0v) is 9.91. The highest BCUT2D eigenvalue weighted by Crippen LogP contribution is 2.17. The Morgan fingerprint density at radius 1 is 1.31 bits per heavy atom. The fourth-order valence-electron chi connectivity index (χ4n) is 0.860.